The van der Waals surface area contributed by atoms with Gasteiger partial charge < -0.3 is 4.42 Å². The fourth-order valence-electron chi connectivity index (χ4n) is 3.60. The van der Waals surface area contributed by atoms with Gasteiger partial charge in [0.2, 0.25) is 5.76 Å². The van der Waals surface area contributed by atoms with Crippen molar-refractivity contribution < 1.29 is 18.5 Å². The maximum absolute atomic E-state index is 13.8. The summed E-state index contributed by atoms with van der Waals surface area (Å²) in [4.78, 5) is 42.6. The van der Waals surface area contributed by atoms with Crippen molar-refractivity contribution in [1.29, 1.82) is 0 Å². The number of nitro groups is 1. The normalized spacial score (nSPS) is 15.6. The van der Waals surface area contributed by atoms with Crippen molar-refractivity contribution in [1.82, 2.24) is 4.98 Å². The molecule has 0 saturated heterocycles. The summed E-state index contributed by atoms with van der Waals surface area (Å²) in [5.41, 5.74) is -0.353. The zero-order valence-corrected chi connectivity index (χ0v) is 15.8. The summed E-state index contributed by atoms with van der Waals surface area (Å²) in [6.45, 7) is 0. The van der Waals surface area contributed by atoms with Gasteiger partial charge in [-0.05, 0) is 23.8 Å². The molecule has 0 aliphatic carbocycles. The second-order valence-corrected chi connectivity index (χ2v) is 7.43. The summed E-state index contributed by atoms with van der Waals surface area (Å²) in [5.74, 6) is -1.41. The Morgan fingerprint density at radius 3 is 2.77 bits per heavy atom. The first kappa shape index (κ1) is 18.1. The van der Waals surface area contributed by atoms with Gasteiger partial charge in [0, 0.05) is 23.7 Å². The summed E-state index contributed by atoms with van der Waals surface area (Å²) in [7, 11) is 0. The molecule has 0 bridgehead atoms. The molecule has 10 heteroatoms. The molecule has 1 unspecified atom stereocenters. The predicted molar refractivity (Wildman–Crippen MR) is 106 cm³/mol. The van der Waals surface area contributed by atoms with Crippen LogP contribution in [0.2, 0.25) is 0 Å². The highest BCUT2D eigenvalue weighted by atomic mass is 32.1. The monoisotopic (exact) mass is 423 g/mol. The lowest BCUT2D eigenvalue weighted by Crippen LogP contribution is -2.29. The van der Waals surface area contributed by atoms with Crippen LogP contribution in [-0.2, 0) is 0 Å². The van der Waals surface area contributed by atoms with Crippen molar-refractivity contribution in [2.45, 2.75) is 6.04 Å². The number of nitrogens with zero attached hydrogens (tertiary/aromatic N) is 3. The minimum atomic E-state index is -0.998. The number of hydrogen-bond donors (Lipinski definition) is 0. The average Bonchev–Trinajstić information content (AvgIpc) is 3.35. The molecule has 5 rings (SSSR count). The van der Waals surface area contributed by atoms with Crippen molar-refractivity contribution in [3.05, 3.63) is 97.1 Å². The molecule has 1 atom stereocenters. The molecule has 1 aliphatic rings. The molecule has 4 aromatic rings. The Bertz CT molecular complexity index is 1400. The first-order valence-electron chi connectivity index (χ1n) is 8.69. The van der Waals surface area contributed by atoms with E-state index in [1.165, 1.54) is 46.7 Å². The summed E-state index contributed by atoms with van der Waals surface area (Å²) >= 11 is 1.17. The van der Waals surface area contributed by atoms with Crippen LogP contribution in [0.15, 0.2) is 63.3 Å². The molecule has 0 fully saturated rings. The van der Waals surface area contributed by atoms with E-state index >= 15 is 0 Å². The standard InChI is InChI=1S/C20H10FN3O5S/c21-11-4-5-14-13(9-11)17(25)15-16(10-2-1-3-12(8-10)24(27)28)23(19(26)18(15)29-14)20-22-6-7-30-20/h1-9,16H. The molecule has 30 heavy (non-hydrogen) atoms. The molecule has 8 nitrogen and oxygen atoms in total. The quantitative estimate of drug-likeness (QED) is 0.364. The van der Waals surface area contributed by atoms with E-state index in [2.05, 4.69) is 4.98 Å². The van der Waals surface area contributed by atoms with Gasteiger partial charge in [-0.2, -0.15) is 0 Å². The molecule has 0 N–H and O–H groups in total. The molecule has 148 valence electrons. The third kappa shape index (κ3) is 2.61. The highest BCUT2D eigenvalue weighted by Gasteiger charge is 2.45. The van der Waals surface area contributed by atoms with Gasteiger partial charge in [0.1, 0.15) is 11.4 Å². The van der Waals surface area contributed by atoms with E-state index in [1.54, 1.807) is 11.4 Å². The Hall–Kier alpha value is -3.92. The van der Waals surface area contributed by atoms with E-state index in [-0.39, 0.29) is 28.0 Å². The fourth-order valence-corrected chi connectivity index (χ4v) is 4.27. The van der Waals surface area contributed by atoms with Crippen LogP contribution in [0, 0.1) is 15.9 Å². The SMILES string of the molecule is O=C1c2oc3ccc(F)cc3c(=O)c2C(c2cccc([N+](=O)[O-])c2)N1c1nccs1. The zero-order valence-electron chi connectivity index (χ0n) is 14.9. The van der Waals surface area contributed by atoms with Crippen LogP contribution >= 0.6 is 11.3 Å². The lowest BCUT2D eigenvalue weighted by molar-refractivity contribution is -0.384. The van der Waals surface area contributed by atoms with Crippen LogP contribution in [0.4, 0.5) is 15.2 Å². The molecule has 1 aliphatic heterocycles. The number of rotatable bonds is 3. The summed E-state index contributed by atoms with van der Waals surface area (Å²) in [6, 6.07) is 8.12. The molecule has 0 spiro atoms. The van der Waals surface area contributed by atoms with Crippen LogP contribution in [-0.4, -0.2) is 15.8 Å². The fraction of sp³-hybridized carbons (Fsp3) is 0.0500. The molecule has 0 saturated carbocycles. The first-order valence-corrected chi connectivity index (χ1v) is 9.57. The lowest BCUT2D eigenvalue weighted by atomic mass is 9.98. The third-order valence-corrected chi connectivity index (χ3v) is 5.63. The number of thiazole rings is 1. The Morgan fingerprint density at radius 2 is 2.03 bits per heavy atom. The van der Waals surface area contributed by atoms with Gasteiger partial charge in [0.15, 0.2) is 10.6 Å². The van der Waals surface area contributed by atoms with Crippen LogP contribution in [0.1, 0.15) is 27.7 Å². The Labute approximate surface area is 171 Å². The number of non-ortho nitro benzene ring substituents is 1. The molecule has 1 amide bonds. The van der Waals surface area contributed by atoms with Crippen LogP contribution in [0.25, 0.3) is 11.0 Å². The minimum Gasteiger partial charge on any atom is -0.450 e. The number of benzene rings is 2. The van der Waals surface area contributed by atoms with Crippen LogP contribution < -0.4 is 10.3 Å². The Morgan fingerprint density at radius 1 is 1.20 bits per heavy atom. The number of carbonyl (C=O) groups is 1. The average molecular weight is 423 g/mol. The Kier molecular flexibility index (Phi) is 3.97. The van der Waals surface area contributed by atoms with Crippen molar-refractivity contribution in [2.24, 2.45) is 0 Å². The highest BCUT2D eigenvalue weighted by molar-refractivity contribution is 7.13. The molecule has 0 radical (unpaired) electrons. The van der Waals surface area contributed by atoms with Crippen LogP contribution in [0.3, 0.4) is 0 Å². The molecule has 2 aromatic carbocycles. The zero-order chi connectivity index (χ0) is 21.0. The maximum atomic E-state index is 13.8. The molecule has 2 aromatic heterocycles. The number of fused-ring (bicyclic) bond motifs is 2. The van der Waals surface area contributed by atoms with Crippen molar-refractivity contribution >= 4 is 39.0 Å². The smallest absolute Gasteiger partial charge is 0.297 e. The van der Waals surface area contributed by atoms with E-state index in [1.807, 2.05) is 0 Å². The topological polar surface area (TPSA) is 107 Å². The van der Waals surface area contributed by atoms with E-state index < -0.39 is 28.1 Å². The van der Waals surface area contributed by atoms with Crippen molar-refractivity contribution in [3.63, 3.8) is 0 Å². The largest absolute Gasteiger partial charge is 0.450 e. The van der Waals surface area contributed by atoms with E-state index in [9.17, 15) is 24.1 Å². The molecular formula is C20H10FN3O5S. The van der Waals surface area contributed by atoms with Gasteiger partial charge in [-0.1, -0.05) is 12.1 Å². The lowest BCUT2D eigenvalue weighted by Gasteiger charge is -2.22. The van der Waals surface area contributed by atoms with Crippen molar-refractivity contribution in [3.8, 4) is 0 Å². The van der Waals surface area contributed by atoms with E-state index in [0.29, 0.717) is 10.7 Å². The van der Waals surface area contributed by atoms with E-state index in [4.69, 9.17) is 4.42 Å². The third-order valence-electron chi connectivity index (χ3n) is 4.85. The van der Waals surface area contributed by atoms with Gasteiger partial charge in [-0.25, -0.2) is 9.37 Å². The highest BCUT2D eigenvalue weighted by Crippen LogP contribution is 2.42. The number of anilines is 1. The molecule has 3 heterocycles. The number of hydrogen-bond acceptors (Lipinski definition) is 7. The number of aromatic nitrogens is 1. The number of nitro benzene ring substituents is 1. The van der Waals surface area contributed by atoms with E-state index in [0.717, 1.165) is 12.1 Å². The van der Waals surface area contributed by atoms with Crippen LogP contribution in [0.5, 0.6) is 0 Å². The second-order valence-electron chi connectivity index (χ2n) is 6.56. The van der Waals surface area contributed by atoms with Gasteiger partial charge in [0.05, 0.1) is 21.9 Å². The van der Waals surface area contributed by atoms with Gasteiger partial charge in [-0.15, -0.1) is 11.3 Å². The van der Waals surface area contributed by atoms with Gasteiger partial charge in [0.25, 0.3) is 11.6 Å². The minimum absolute atomic E-state index is 0.00574. The summed E-state index contributed by atoms with van der Waals surface area (Å²) in [5, 5.41) is 13.2. The predicted octanol–water partition coefficient (Wildman–Crippen LogP) is 4.05. The van der Waals surface area contributed by atoms with Gasteiger partial charge in [-0.3, -0.25) is 24.6 Å². The summed E-state index contributed by atoms with van der Waals surface area (Å²) < 4.78 is 19.5. The van der Waals surface area contributed by atoms with Gasteiger partial charge >= 0.3 is 0 Å². The molecular weight excluding hydrogens is 413 g/mol. The first-order chi connectivity index (χ1) is 14.5. The second kappa shape index (κ2) is 6.56. The summed E-state index contributed by atoms with van der Waals surface area (Å²) in [6.07, 6.45) is 1.50. The number of halogens is 1. The maximum Gasteiger partial charge on any atom is 0.297 e. The van der Waals surface area contributed by atoms with Crippen molar-refractivity contribution in [2.75, 3.05) is 4.90 Å². The Balaban J connectivity index is 1.83. The number of carbonyl (C=O) groups excluding carboxylic acids is 1. The number of amides is 1.